The van der Waals surface area contributed by atoms with Gasteiger partial charge >= 0.3 is 0 Å². The van der Waals surface area contributed by atoms with E-state index in [1.165, 1.54) is 18.2 Å². The van der Waals surface area contributed by atoms with Crippen LogP contribution in [0.2, 0.25) is 10.0 Å². The maximum absolute atomic E-state index is 12.8. The molecule has 0 heterocycles. The van der Waals surface area contributed by atoms with Gasteiger partial charge in [0.05, 0.1) is 22.0 Å². The van der Waals surface area contributed by atoms with Gasteiger partial charge in [0.2, 0.25) is 15.9 Å². The van der Waals surface area contributed by atoms with Gasteiger partial charge in [-0.15, -0.1) is 0 Å². The zero-order valence-corrected chi connectivity index (χ0v) is 17.7. The van der Waals surface area contributed by atoms with Crippen molar-refractivity contribution in [2.24, 2.45) is 0 Å². The van der Waals surface area contributed by atoms with Crippen LogP contribution in [-0.4, -0.2) is 26.6 Å². The fraction of sp³-hybridized carbons (Fsp3) is 0.316. The van der Waals surface area contributed by atoms with Crippen LogP contribution in [0.4, 0.5) is 5.69 Å². The van der Waals surface area contributed by atoms with Crippen molar-refractivity contribution in [3.63, 3.8) is 0 Å². The van der Waals surface area contributed by atoms with Crippen LogP contribution in [-0.2, 0) is 21.4 Å². The lowest BCUT2D eigenvalue weighted by molar-refractivity contribution is -0.122. The number of nitrogens with one attached hydrogen (secondary N) is 1. The molecule has 0 aromatic heterocycles. The fourth-order valence-corrected chi connectivity index (χ4v) is 4.31. The van der Waals surface area contributed by atoms with Crippen LogP contribution in [0, 0.1) is 6.92 Å². The molecule has 2 aromatic carbocycles. The second kappa shape index (κ2) is 8.95. The van der Waals surface area contributed by atoms with Gasteiger partial charge < -0.3 is 5.32 Å². The van der Waals surface area contributed by atoms with E-state index in [-0.39, 0.29) is 10.9 Å². The summed E-state index contributed by atoms with van der Waals surface area (Å²) in [5.74, 6) is -0.379. The Labute approximate surface area is 170 Å². The van der Waals surface area contributed by atoms with Crippen LogP contribution in [0.3, 0.4) is 0 Å². The number of hydrogen-bond acceptors (Lipinski definition) is 3. The first-order valence-electron chi connectivity index (χ1n) is 8.41. The molecule has 1 N–H and O–H groups in total. The second-order valence-corrected chi connectivity index (χ2v) is 8.96. The van der Waals surface area contributed by atoms with Crippen LogP contribution in [0.5, 0.6) is 0 Å². The summed E-state index contributed by atoms with van der Waals surface area (Å²) in [6, 6.07) is 11.3. The molecule has 1 amide bonds. The molecule has 0 aliphatic rings. The fourth-order valence-electron chi connectivity index (χ4n) is 2.81. The molecular formula is C19H22Cl2N2O3S. The molecule has 0 fully saturated rings. The van der Waals surface area contributed by atoms with Gasteiger partial charge in [-0.25, -0.2) is 8.42 Å². The molecule has 0 unspecified atom stereocenters. The number of aryl methyl sites for hydroxylation is 1. The van der Waals surface area contributed by atoms with E-state index >= 15 is 0 Å². The zero-order valence-electron chi connectivity index (χ0n) is 15.4. The number of carbonyl (C=O) groups excluding carboxylic acids is 1. The SMILES string of the molecule is CC[C@@H](C(=O)NCc1cccc(C)c1)N(c1ccc(Cl)c(Cl)c1)S(C)(=O)=O. The van der Waals surface area contributed by atoms with E-state index < -0.39 is 16.1 Å². The van der Waals surface area contributed by atoms with Crippen molar-refractivity contribution >= 4 is 44.8 Å². The lowest BCUT2D eigenvalue weighted by Gasteiger charge is -2.30. The molecule has 0 spiro atoms. The van der Waals surface area contributed by atoms with Gasteiger partial charge in [-0.3, -0.25) is 9.10 Å². The van der Waals surface area contributed by atoms with Gasteiger partial charge in [-0.05, 0) is 37.1 Å². The molecule has 146 valence electrons. The maximum Gasteiger partial charge on any atom is 0.244 e. The lowest BCUT2D eigenvalue weighted by atomic mass is 10.1. The van der Waals surface area contributed by atoms with Crippen LogP contribution < -0.4 is 9.62 Å². The first-order chi connectivity index (χ1) is 12.6. The van der Waals surface area contributed by atoms with E-state index in [1.54, 1.807) is 6.92 Å². The third-order valence-corrected chi connectivity index (χ3v) is 5.96. The molecule has 27 heavy (non-hydrogen) atoms. The van der Waals surface area contributed by atoms with E-state index in [2.05, 4.69) is 5.32 Å². The van der Waals surface area contributed by atoms with Gasteiger partial charge in [0.15, 0.2) is 0 Å². The Kier molecular flexibility index (Phi) is 7.14. The maximum atomic E-state index is 12.8. The van der Waals surface area contributed by atoms with Crippen molar-refractivity contribution in [3.8, 4) is 0 Å². The Hall–Kier alpha value is -1.76. The van der Waals surface area contributed by atoms with E-state index in [4.69, 9.17) is 23.2 Å². The second-order valence-electron chi connectivity index (χ2n) is 6.29. The Morgan fingerprint density at radius 2 is 1.85 bits per heavy atom. The minimum absolute atomic E-state index is 0.220. The molecule has 0 radical (unpaired) electrons. The normalized spacial score (nSPS) is 12.5. The van der Waals surface area contributed by atoms with E-state index in [0.717, 1.165) is 21.7 Å². The molecule has 0 saturated carbocycles. The van der Waals surface area contributed by atoms with Crippen LogP contribution in [0.15, 0.2) is 42.5 Å². The molecule has 0 bridgehead atoms. The molecule has 5 nitrogen and oxygen atoms in total. The highest BCUT2D eigenvalue weighted by molar-refractivity contribution is 7.92. The van der Waals surface area contributed by atoms with Crippen LogP contribution in [0.1, 0.15) is 24.5 Å². The van der Waals surface area contributed by atoms with E-state index in [1.807, 2.05) is 31.2 Å². The molecule has 2 rings (SSSR count). The smallest absolute Gasteiger partial charge is 0.244 e. The highest BCUT2D eigenvalue weighted by Crippen LogP contribution is 2.30. The largest absolute Gasteiger partial charge is 0.350 e. The van der Waals surface area contributed by atoms with Gasteiger partial charge in [0, 0.05) is 6.54 Å². The number of anilines is 1. The van der Waals surface area contributed by atoms with Crippen molar-refractivity contribution in [2.45, 2.75) is 32.9 Å². The van der Waals surface area contributed by atoms with Crippen LogP contribution >= 0.6 is 23.2 Å². The van der Waals surface area contributed by atoms with Gasteiger partial charge in [0.25, 0.3) is 0 Å². The predicted octanol–water partition coefficient (Wildman–Crippen LogP) is 4.16. The lowest BCUT2D eigenvalue weighted by Crippen LogP contribution is -2.49. The summed E-state index contributed by atoms with van der Waals surface area (Å²) in [6.07, 6.45) is 1.36. The molecule has 1 atom stereocenters. The number of benzene rings is 2. The monoisotopic (exact) mass is 428 g/mol. The molecule has 2 aromatic rings. The summed E-state index contributed by atoms with van der Waals surface area (Å²) in [4.78, 5) is 12.8. The van der Waals surface area contributed by atoms with Crippen molar-refractivity contribution in [3.05, 3.63) is 63.6 Å². The third-order valence-electron chi connectivity index (χ3n) is 4.04. The summed E-state index contributed by atoms with van der Waals surface area (Å²) >= 11 is 12.0. The highest BCUT2D eigenvalue weighted by Gasteiger charge is 2.31. The summed E-state index contributed by atoms with van der Waals surface area (Å²) in [7, 11) is -3.72. The van der Waals surface area contributed by atoms with E-state index in [9.17, 15) is 13.2 Å². The zero-order chi connectivity index (χ0) is 20.2. The summed E-state index contributed by atoms with van der Waals surface area (Å²) in [5, 5.41) is 3.35. The number of nitrogens with zero attached hydrogens (tertiary/aromatic N) is 1. The Bertz CT molecular complexity index is 932. The third kappa shape index (κ3) is 5.61. The molecule has 0 aliphatic carbocycles. The first-order valence-corrected chi connectivity index (χ1v) is 11.0. The standard InChI is InChI=1S/C19H22Cl2N2O3S/c1-4-18(19(24)22-12-14-7-5-6-13(2)10-14)23(27(3,25)26)15-8-9-16(20)17(21)11-15/h5-11,18H,4,12H2,1-3H3,(H,22,24)/t18-/m0/s1. The number of sulfonamides is 1. The summed E-state index contributed by atoms with van der Waals surface area (Å²) in [5.41, 5.74) is 2.32. The number of rotatable bonds is 7. The Morgan fingerprint density at radius 1 is 1.15 bits per heavy atom. The van der Waals surface area contributed by atoms with E-state index in [0.29, 0.717) is 23.7 Å². The van der Waals surface area contributed by atoms with Gasteiger partial charge in [0.1, 0.15) is 6.04 Å². The van der Waals surface area contributed by atoms with Crippen LogP contribution in [0.25, 0.3) is 0 Å². The summed E-state index contributed by atoms with van der Waals surface area (Å²) in [6.45, 7) is 4.04. The van der Waals surface area contributed by atoms with Crippen molar-refractivity contribution < 1.29 is 13.2 Å². The Morgan fingerprint density at radius 3 is 2.41 bits per heavy atom. The quantitative estimate of drug-likeness (QED) is 0.719. The molecule has 0 aliphatic heterocycles. The number of carbonyl (C=O) groups is 1. The van der Waals surface area contributed by atoms with Crippen molar-refractivity contribution in [2.75, 3.05) is 10.6 Å². The minimum atomic E-state index is -3.72. The van der Waals surface area contributed by atoms with Gasteiger partial charge in [-0.1, -0.05) is 60.0 Å². The van der Waals surface area contributed by atoms with Crippen molar-refractivity contribution in [1.82, 2.24) is 5.32 Å². The molecular weight excluding hydrogens is 407 g/mol. The predicted molar refractivity (Wildman–Crippen MR) is 111 cm³/mol. The summed E-state index contributed by atoms with van der Waals surface area (Å²) < 4.78 is 25.9. The Balaban J connectivity index is 2.28. The van der Waals surface area contributed by atoms with Gasteiger partial charge in [-0.2, -0.15) is 0 Å². The molecule has 8 heteroatoms. The number of amides is 1. The average molecular weight is 429 g/mol. The van der Waals surface area contributed by atoms with Crippen molar-refractivity contribution in [1.29, 1.82) is 0 Å². The number of hydrogen-bond donors (Lipinski definition) is 1. The average Bonchev–Trinajstić information content (AvgIpc) is 2.59. The molecule has 0 saturated heterocycles. The minimum Gasteiger partial charge on any atom is -0.350 e. The number of halogens is 2. The highest BCUT2D eigenvalue weighted by atomic mass is 35.5. The first kappa shape index (κ1) is 21.5. The topological polar surface area (TPSA) is 66.5 Å².